The summed E-state index contributed by atoms with van der Waals surface area (Å²) in [5.74, 6) is -1.78. The first kappa shape index (κ1) is 96.2. The van der Waals surface area contributed by atoms with Crippen LogP contribution in [0.1, 0.15) is 13.8 Å². The highest BCUT2D eigenvalue weighted by Crippen LogP contribution is 2.41. The second kappa shape index (κ2) is 41.9. The number of carbonyl (C=O) groups is 2. The van der Waals surface area contributed by atoms with Gasteiger partial charge in [0, 0.05) is 13.8 Å². The molecule has 0 radical (unpaired) electrons. The third-order valence-electron chi connectivity index (χ3n) is 21.7. The summed E-state index contributed by atoms with van der Waals surface area (Å²) in [6, 6.07) is -3.64. The van der Waals surface area contributed by atoms with Gasteiger partial charge in [-0.25, -0.2) is 0 Å². The van der Waals surface area contributed by atoms with Crippen molar-refractivity contribution in [2.45, 2.75) is 321 Å². The van der Waals surface area contributed by atoms with Crippen LogP contribution in [-0.4, -0.2) is 538 Å². The van der Waals surface area contributed by atoms with Gasteiger partial charge in [-0.2, -0.15) is 0 Å². The molecule has 53 heteroatoms. The fraction of sp³-hybridized carbons (Fsp3) is 0.969. The number of carbonyl (C=O) groups excluding carboxylic acids is 2. The molecule has 10 heterocycles. The van der Waals surface area contributed by atoms with Gasteiger partial charge in [0.05, 0.1) is 66.1 Å². The molecule has 10 saturated heterocycles. The van der Waals surface area contributed by atoms with Crippen molar-refractivity contribution < 1.29 is 253 Å². The van der Waals surface area contributed by atoms with Crippen LogP contribution < -0.4 is 10.6 Å². The van der Waals surface area contributed by atoms with E-state index in [1.165, 1.54) is 0 Å². The van der Waals surface area contributed by atoms with Gasteiger partial charge in [-0.15, -0.1) is 0 Å². The number of aliphatic hydroxyl groups excluding tert-OH is 30. The number of rotatable bonds is 30. The zero-order valence-electron chi connectivity index (χ0n) is 61.9. The van der Waals surface area contributed by atoms with Crippen molar-refractivity contribution in [3.05, 3.63) is 0 Å². The summed E-state index contributed by atoms with van der Waals surface area (Å²) in [7, 11) is 0. The van der Waals surface area contributed by atoms with E-state index in [1.54, 1.807) is 0 Å². The lowest BCUT2D eigenvalue weighted by atomic mass is 9.94. The van der Waals surface area contributed by atoms with Gasteiger partial charge in [0.1, 0.15) is 244 Å². The zero-order valence-corrected chi connectivity index (χ0v) is 61.9. The Morgan fingerprint density at radius 1 is 0.222 bits per heavy atom. The van der Waals surface area contributed by atoms with Crippen molar-refractivity contribution >= 4 is 11.8 Å². The average Bonchev–Trinajstić information content (AvgIpc) is 0.767. The second-order valence-corrected chi connectivity index (χ2v) is 29.5. The molecule has 0 spiro atoms. The first-order valence-electron chi connectivity index (χ1n) is 37.2. The summed E-state index contributed by atoms with van der Waals surface area (Å²) >= 11 is 0. The minimum absolute atomic E-state index is 0.805. The van der Waals surface area contributed by atoms with Crippen molar-refractivity contribution in [2.24, 2.45) is 0 Å². The van der Waals surface area contributed by atoms with Crippen molar-refractivity contribution in [3.63, 3.8) is 0 Å². The van der Waals surface area contributed by atoms with Crippen LogP contribution in [0.5, 0.6) is 0 Å². The molecule has 0 aromatic carbocycles. The third kappa shape index (κ3) is 20.7. The molecular formula is C64H108N2O51. The van der Waals surface area contributed by atoms with Gasteiger partial charge in [-0.1, -0.05) is 0 Å². The van der Waals surface area contributed by atoms with Gasteiger partial charge in [-0.3, -0.25) is 9.59 Å². The molecular weight excluding hydrogens is 1610 g/mol. The van der Waals surface area contributed by atoms with E-state index in [0.29, 0.717) is 0 Å². The van der Waals surface area contributed by atoms with E-state index in [9.17, 15) is 163 Å². The summed E-state index contributed by atoms with van der Waals surface area (Å²) in [5, 5.41) is 336. The van der Waals surface area contributed by atoms with Crippen LogP contribution in [0.15, 0.2) is 0 Å². The van der Waals surface area contributed by atoms with Gasteiger partial charge >= 0.3 is 0 Å². The Morgan fingerprint density at radius 2 is 0.470 bits per heavy atom. The number of nitrogens with one attached hydrogen (secondary N) is 2. The third-order valence-corrected chi connectivity index (χ3v) is 21.7. The van der Waals surface area contributed by atoms with E-state index in [4.69, 9.17) is 90.0 Å². The van der Waals surface area contributed by atoms with Crippen LogP contribution in [0, 0.1) is 0 Å². The summed E-state index contributed by atoms with van der Waals surface area (Å²) in [4.78, 5) is 25.2. The molecule has 0 aromatic rings. The molecule has 10 aliphatic heterocycles. The van der Waals surface area contributed by atoms with Gasteiger partial charge < -0.3 is 254 Å². The predicted octanol–water partition coefficient (Wildman–Crippen LogP) is -22.5. The highest BCUT2D eigenvalue weighted by Gasteiger charge is 2.61. The first-order chi connectivity index (χ1) is 55.4. The SMILES string of the molecule is CC(=O)N[C@@H]1[C@@H](O)[C@H](O[C@@H]2O[C@H](CO)[C@@H](O[C@@H]3O[C@H](CO[C@H]4O[C@H](CO[C@H]5O[C@H](CO)[C@@H](O)[C@H](O)[C@@H]5O[C@H]5O[C@H](CO)[C@@H](O)[C@H](O)[C@@H]5O)[C@@H](O)[C@H](O[C@H]5O[C@H](CO)[C@@H](O)[C@H](O)[C@@H]5O)[C@@H]4O)[C@@H](O)[C@H](O[C@H]4O[C@H](CO)[C@@H](O)[C@H](O)[C@@H]4O[C@H]4O[C@H](CO)[C@@H](O)[C@H](O)[C@@H]4O[C@H]4O[C@H](CO)[C@@H](O)[C@H](O)[C@@H]4O)[C@@H]3O)[C@H](O)[C@H]2NC(C)=O)[C@@H](CO)O[C@H]1O. The lowest BCUT2D eigenvalue weighted by Gasteiger charge is -2.51. The van der Waals surface area contributed by atoms with E-state index in [-0.39, 0.29) is 0 Å². The first-order valence-corrected chi connectivity index (χ1v) is 37.2. The Balaban J connectivity index is 0.996. The van der Waals surface area contributed by atoms with Crippen molar-refractivity contribution in [1.82, 2.24) is 10.6 Å². The van der Waals surface area contributed by atoms with Crippen molar-refractivity contribution in [1.29, 1.82) is 0 Å². The second-order valence-electron chi connectivity index (χ2n) is 29.5. The summed E-state index contributed by atoms with van der Waals surface area (Å²) < 4.78 is 111. The molecule has 0 aromatic heterocycles. The molecule has 50 atom stereocenters. The molecule has 0 unspecified atom stereocenters. The summed E-state index contributed by atoms with van der Waals surface area (Å²) in [6.07, 6.45) is -104. The smallest absolute Gasteiger partial charge is 0.217 e. The predicted molar refractivity (Wildman–Crippen MR) is 353 cm³/mol. The molecule has 0 bridgehead atoms. The fourth-order valence-corrected chi connectivity index (χ4v) is 15.0. The molecule has 32 N–H and O–H groups in total. The largest absolute Gasteiger partial charge is 0.394 e. The quantitative estimate of drug-likeness (QED) is 0.0318. The van der Waals surface area contributed by atoms with Crippen LogP contribution in [0.3, 0.4) is 0 Å². The Morgan fingerprint density at radius 3 is 0.855 bits per heavy atom. The van der Waals surface area contributed by atoms with Crippen LogP contribution in [0.25, 0.3) is 0 Å². The normalized spacial score (nSPS) is 51.5. The van der Waals surface area contributed by atoms with E-state index in [0.717, 1.165) is 13.8 Å². The molecule has 117 heavy (non-hydrogen) atoms. The van der Waals surface area contributed by atoms with E-state index >= 15 is 0 Å². The summed E-state index contributed by atoms with van der Waals surface area (Å²) in [6.45, 7) is -9.28. The lowest BCUT2D eigenvalue weighted by Crippen LogP contribution is -2.70. The molecule has 53 nitrogen and oxygen atoms in total. The van der Waals surface area contributed by atoms with Crippen LogP contribution in [-0.2, 0) is 99.6 Å². The zero-order chi connectivity index (χ0) is 85.9. The minimum atomic E-state index is -2.64. The Hall–Kier alpha value is -3.02. The minimum Gasteiger partial charge on any atom is -0.394 e. The molecule has 10 rings (SSSR count). The topological polar surface area (TPSA) is 840 Å². The van der Waals surface area contributed by atoms with Gasteiger partial charge in [0.2, 0.25) is 11.8 Å². The van der Waals surface area contributed by atoms with Crippen LogP contribution >= 0.6 is 0 Å². The van der Waals surface area contributed by atoms with E-state index < -0.39 is 385 Å². The Kier molecular flexibility index (Phi) is 34.4. The van der Waals surface area contributed by atoms with Crippen LogP contribution in [0.4, 0.5) is 0 Å². The van der Waals surface area contributed by atoms with Crippen molar-refractivity contribution in [3.8, 4) is 0 Å². The average molecular weight is 1720 g/mol. The Bertz CT molecular complexity index is 3050. The number of hydrogen-bond acceptors (Lipinski definition) is 51. The standard InChI is InChI=1S/C64H108N2O51/c1-13(75)65-25-35(85)48(21(9-73)101-55(25)98)111-56-26(66-14(2)76)36(86)49(22(10-74)108-56)112-61-47(97)51(114-63-54(42(92)32(82)19(7-71)106-63)117-64-53(41(91)31(81)20(8-72)107-64)116-60-45(95)39(89)29(79)17(5-69)104-60)34(84)24(110-61)11-99-57-46(96)50(113-58-43(93)37(87)27(77)15(3-67)102-58)33(83)23(109-57)12-100-62-52(40(90)30(80)18(6-70)105-62)115-59-44(94)38(88)28(78)16(4-68)103-59/h15-64,67-74,77-98H,3-12H2,1-2H3,(H,65,75)(H,66,76)/t15-,16-,17-,18-,19-,20-,21-,22-,23-,24-,25-,26-,27-,28-,29-,30-,31-,32-,33-,34-,35-,36-,37+,38+,39+,40+,41+,42+,43+,44+,45+,46+,47+,48-,49-,50+,51+,52+,53+,54+,55-,56+,57+,58-,59-,60-,61+,62+,63-,64-/m1/s1. The van der Waals surface area contributed by atoms with Gasteiger partial charge in [-0.05, 0) is 0 Å². The Labute approximate surface area is 660 Å². The number of ether oxygens (including phenoxy) is 19. The molecule has 10 aliphatic rings. The highest BCUT2D eigenvalue weighted by atomic mass is 16.8. The molecule has 10 fully saturated rings. The summed E-state index contributed by atoms with van der Waals surface area (Å²) in [5.41, 5.74) is 0. The number of amides is 2. The number of hydrogen-bond donors (Lipinski definition) is 32. The van der Waals surface area contributed by atoms with E-state index in [2.05, 4.69) is 10.6 Å². The van der Waals surface area contributed by atoms with Gasteiger partial charge in [0.15, 0.2) is 62.9 Å². The van der Waals surface area contributed by atoms with Crippen LogP contribution in [0.2, 0.25) is 0 Å². The van der Waals surface area contributed by atoms with E-state index in [1.807, 2.05) is 0 Å². The monoisotopic (exact) mass is 1720 g/mol. The number of aliphatic hydroxyl groups is 30. The highest BCUT2D eigenvalue weighted by molar-refractivity contribution is 5.73. The fourth-order valence-electron chi connectivity index (χ4n) is 15.0. The maximum Gasteiger partial charge on any atom is 0.217 e. The maximum atomic E-state index is 13.0. The van der Waals surface area contributed by atoms with Crippen molar-refractivity contribution in [2.75, 3.05) is 66.1 Å². The molecule has 0 aliphatic carbocycles. The molecule has 0 saturated carbocycles. The molecule has 680 valence electrons. The van der Waals surface area contributed by atoms with Gasteiger partial charge in [0.25, 0.3) is 0 Å². The molecule has 2 amide bonds. The lowest BCUT2D eigenvalue weighted by molar-refractivity contribution is -0.408. The maximum absolute atomic E-state index is 13.0.